The van der Waals surface area contributed by atoms with Crippen LogP contribution in [0.4, 0.5) is 28.9 Å². The number of nitrogens with one attached hydrogen (secondary N) is 1. The Hall–Kier alpha value is -3.43. The van der Waals surface area contributed by atoms with Crippen LogP contribution in [-0.4, -0.2) is 29.4 Å². The lowest BCUT2D eigenvalue weighted by molar-refractivity contribution is -0.177. The van der Waals surface area contributed by atoms with Gasteiger partial charge in [0.2, 0.25) is 0 Å². The third-order valence-corrected chi connectivity index (χ3v) is 6.52. The van der Waals surface area contributed by atoms with Gasteiger partial charge in [0.05, 0.1) is 5.69 Å². The first-order valence-corrected chi connectivity index (χ1v) is 11.3. The van der Waals surface area contributed by atoms with Gasteiger partial charge >= 0.3 is 0 Å². The van der Waals surface area contributed by atoms with Gasteiger partial charge in [0.25, 0.3) is 17.7 Å². The van der Waals surface area contributed by atoms with Crippen molar-refractivity contribution in [2.45, 2.75) is 31.8 Å². The van der Waals surface area contributed by atoms with Crippen LogP contribution in [0.1, 0.15) is 45.2 Å². The molecule has 0 bridgehead atoms. The van der Waals surface area contributed by atoms with Gasteiger partial charge in [0.15, 0.2) is 17.2 Å². The first-order chi connectivity index (χ1) is 16.8. The van der Waals surface area contributed by atoms with Crippen molar-refractivity contribution in [3.05, 3.63) is 93.5 Å². The highest BCUT2D eigenvalue weighted by Gasteiger charge is 2.53. The van der Waals surface area contributed by atoms with Crippen molar-refractivity contribution >= 4 is 34.8 Å². The molecule has 1 heterocycles. The van der Waals surface area contributed by atoms with Crippen LogP contribution in [-0.2, 0) is 5.60 Å². The van der Waals surface area contributed by atoms with E-state index in [-0.39, 0.29) is 45.2 Å². The summed E-state index contributed by atoms with van der Waals surface area (Å²) in [5, 5.41) is 13.3. The molecule has 0 aliphatic carbocycles. The van der Waals surface area contributed by atoms with Crippen LogP contribution in [0.25, 0.3) is 0 Å². The summed E-state index contributed by atoms with van der Waals surface area (Å²) < 4.78 is 56.4. The summed E-state index contributed by atoms with van der Waals surface area (Å²) >= 11 is 5.99. The van der Waals surface area contributed by atoms with Gasteiger partial charge in [-0.1, -0.05) is 11.6 Å². The summed E-state index contributed by atoms with van der Waals surface area (Å²) in [6.07, 6.45) is -0.778. The van der Waals surface area contributed by atoms with Gasteiger partial charge < -0.3 is 15.3 Å². The van der Waals surface area contributed by atoms with E-state index in [1.165, 1.54) is 49.4 Å². The van der Waals surface area contributed by atoms with Crippen molar-refractivity contribution in [1.29, 1.82) is 0 Å². The summed E-state index contributed by atoms with van der Waals surface area (Å²) in [6.45, 7) is 2.10. The summed E-state index contributed by atoms with van der Waals surface area (Å²) in [4.78, 5) is 27.0. The van der Waals surface area contributed by atoms with Crippen LogP contribution in [0, 0.1) is 18.6 Å². The zero-order valence-electron chi connectivity index (χ0n) is 19.2. The molecule has 3 aromatic rings. The molecule has 1 aliphatic heterocycles. The number of anilines is 2. The molecule has 0 unspecified atom stereocenters. The number of carbonyl (C=O) groups excluding carboxylic acids is 2. The Morgan fingerprint density at radius 1 is 1.03 bits per heavy atom. The van der Waals surface area contributed by atoms with E-state index in [1.807, 2.05) is 0 Å². The number of carbonyl (C=O) groups is 2. The van der Waals surface area contributed by atoms with Gasteiger partial charge in [-0.25, -0.2) is 17.6 Å². The second-order valence-electron chi connectivity index (χ2n) is 8.76. The van der Waals surface area contributed by atoms with Crippen LogP contribution < -0.4 is 10.2 Å². The molecule has 5 nitrogen and oxygen atoms in total. The molecule has 0 radical (unpaired) electrons. The fourth-order valence-corrected chi connectivity index (χ4v) is 4.27. The molecule has 2 N–H and O–H groups in total. The van der Waals surface area contributed by atoms with Crippen molar-refractivity contribution in [3.8, 4) is 0 Å². The van der Waals surface area contributed by atoms with Gasteiger partial charge in [-0.2, -0.15) is 0 Å². The SMILES string of the molecule is Cc1cc(F)c(F)cc1C(=O)Nc1ccc(C(=O)N2CCC(F)(F)[C@](C)(O)c3cc(Cl)ccc32)cc1. The lowest BCUT2D eigenvalue weighted by Crippen LogP contribution is -2.42. The third-order valence-electron chi connectivity index (χ3n) is 6.28. The molecule has 0 saturated heterocycles. The molecule has 1 atom stereocenters. The Kier molecular flexibility index (Phi) is 6.57. The Bertz CT molecular complexity index is 1360. The van der Waals surface area contributed by atoms with Crippen molar-refractivity contribution < 1.29 is 32.3 Å². The average molecular weight is 521 g/mol. The van der Waals surface area contributed by atoms with Gasteiger partial charge in [-0.05, 0) is 74.0 Å². The van der Waals surface area contributed by atoms with E-state index in [1.54, 1.807) is 0 Å². The van der Waals surface area contributed by atoms with Crippen LogP contribution in [0.2, 0.25) is 5.02 Å². The highest BCUT2D eigenvalue weighted by molar-refractivity contribution is 6.30. The largest absolute Gasteiger partial charge is 0.379 e. The number of hydrogen-bond donors (Lipinski definition) is 2. The Morgan fingerprint density at radius 2 is 1.67 bits per heavy atom. The first-order valence-electron chi connectivity index (χ1n) is 10.9. The molecule has 0 spiro atoms. The lowest BCUT2D eigenvalue weighted by Gasteiger charge is -2.32. The Labute approximate surface area is 209 Å². The number of fused-ring (bicyclic) bond motifs is 1. The fourth-order valence-electron chi connectivity index (χ4n) is 4.10. The minimum Gasteiger partial charge on any atom is -0.379 e. The first kappa shape index (κ1) is 25.7. The van der Waals surface area contributed by atoms with E-state index in [2.05, 4.69) is 5.32 Å². The number of alkyl halides is 2. The topological polar surface area (TPSA) is 69.6 Å². The van der Waals surface area contributed by atoms with Gasteiger partial charge in [-0.15, -0.1) is 0 Å². The molecule has 4 rings (SSSR count). The second-order valence-corrected chi connectivity index (χ2v) is 9.19. The molecular formula is C26H21ClF4N2O3. The van der Waals surface area contributed by atoms with E-state index in [0.29, 0.717) is 0 Å². The molecule has 188 valence electrons. The maximum atomic E-state index is 14.8. The number of nitrogens with zero attached hydrogens (tertiary/aromatic N) is 1. The summed E-state index contributed by atoms with van der Waals surface area (Å²) in [7, 11) is 0. The van der Waals surface area contributed by atoms with Crippen LogP contribution in [0.5, 0.6) is 0 Å². The average Bonchev–Trinajstić information content (AvgIpc) is 2.89. The number of amides is 2. The number of benzene rings is 3. The van der Waals surface area contributed by atoms with Crippen LogP contribution >= 0.6 is 11.6 Å². The standard InChI is InChI=1S/C26H21ClF4N2O3/c1-14-11-20(28)21(29)13-18(14)23(34)32-17-6-3-15(4-7-17)24(35)33-10-9-26(30,31)25(2,36)19-12-16(27)5-8-22(19)33/h3-8,11-13,36H,9-10H2,1-2H3,(H,32,34)/t25-/m1/s1. The lowest BCUT2D eigenvalue weighted by atomic mass is 9.87. The number of rotatable bonds is 3. The highest BCUT2D eigenvalue weighted by atomic mass is 35.5. The van der Waals surface area contributed by atoms with Crippen molar-refractivity contribution in [2.75, 3.05) is 16.8 Å². The van der Waals surface area contributed by atoms with E-state index >= 15 is 0 Å². The number of hydrogen-bond acceptors (Lipinski definition) is 3. The fraction of sp³-hybridized carbons (Fsp3) is 0.231. The summed E-state index contributed by atoms with van der Waals surface area (Å²) in [6, 6.07) is 11.4. The minimum absolute atomic E-state index is 0.0538. The van der Waals surface area contributed by atoms with Crippen molar-refractivity contribution in [1.82, 2.24) is 0 Å². The second kappa shape index (κ2) is 9.22. The smallest absolute Gasteiger partial charge is 0.281 e. The molecule has 10 heteroatoms. The van der Waals surface area contributed by atoms with Crippen LogP contribution in [0.3, 0.4) is 0 Å². The summed E-state index contributed by atoms with van der Waals surface area (Å²) in [5.74, 6) is -7.01. The number of aliphatic hydroxyl groups is 1. The molecular weight excluding hydrogens is 500 g/mol. The van der Waals surface area contributed by atoms with Crippen molar-refractivity contribution in [3.63, 3.8) is 0 Å². The molecule has 3 aromatic carbocycles. The molecule has 0 fully saturated rings. The zero-order valence-corrected chi connectivity index (χ0v) is 20.0. The summed E-state index contributed by atoms with van der Waals surface area (Å²) in [5.41, 5.74) is -2.00. The zero-order chi connectivity index (χ0) is 26.4. The molecule has 0 aromatic heterocycles. The third kappa shape index (κ3) is 4.56. The van der Waals surface area contributed by atoms with E-state index in [4.69, 9.17) is 11.6 Å². The molecule has 2 amide bonds. The molecule has 0 saturated carbocycles. The van der Waals surface area contributed by atoms with Gasteiger partial charge in [-0.3, -0.25) is 9.59 Å². The maximum absolute atomic E-state index is 14.8. The van der Waals surface area contributed by atoms with E-state index < -0.39 is 41.4 Å². The number of aryl methyl sites for hydroxylation is 1. The predicted octanol–water partition coefficient (Wildman–Crippen LogP) is 6.07. The van der Waals surface area contributed by atoms with Gasteiger partial charge in [0.1, 0.15) is 0 Å². The maximum Gasteiger partial charge on any atom is 0.281 e. The highest BCUT2D eigenvalue weighted by Crippen LogP contribution is 2.47. The Morgan fingerprint density at radius 3 is 2.33 bits per heavy atom. The molecule has 1 aliphatic rings. The number of halogens is 5. The quantitative estimate of drug-likeness (QED) is 0.412. The monoisotopic (exact) mass is 520 g/mol. The normalized spacial score (nSPS) is 18.8. The van der Waals surface area contributed by atoms with E-state index in [0.717, 1.165) is 24.0 Å². The predicted molar refractivity (Wildman–Crippen MR) is 128 cm³/mol. The van der Waals surface area contributed by atoms with Crippen LogP contribution in [0.15, 0.2) is 54.6 Å². The van der Waals surface area contributed by atoms with E-state index in [9.17, 15) is 32.3 Å². The molecule has 36 heavy (non-hydrogen) atoms. The van der Waals surface area contributed by atoms with Crippen molar-refractivity contribution in [2.24, 2.45) is 0 Å². The minimum atomic E-state index is -3.52. The Balaban J connectivity index is 1.60. The van der Waals surface area contributed by atoms with Gasteiger partial charge in [0, 0.05) is 40.4 Å².